The van der Waals surface area contributed by atoms with Crippen molar-refractivity contribution < 1.29 is 4.74 Å². The minimum atomic E-state index is -0.115. The SMILES string of the molecule is CCOc1cn(C)c(CCl)cc1=O. The topological polar surface area (TPSA) is 31.2 Å². The molecule has 0 N–H and O–H groups in total. The zero-order valence-corrected chi connectivity index (χ0v) is 8.47. The Morgan fingerprint density at radius 3 is 2.85 bits per heavy atom. The molecule has 0 saturated heterocycles. The van der Waals surface area contributed by atoms with Crippen molar-refractivity contribution in [3.05, 3.63) is 28.2 Å². The first kappa shape index (κ1) is 10.1. The molecule has 72 valence electrons. The zero-order chi connectivity index (χ0) is 9.84. The van der Waals surface area contributed by atoms with Crippen LogP contribution in [-0.2, 0) is 12.9 Å². The van der Waals surface area contributed by atoms with Gasteiger partial charge in [-0.05, 0) is 6.92 Å². The maximum Gasteiger partial charge on any atom is 0.223 e. The van der Waals surface area contributed by atoms with Crippen molar-refractivity contribution in [2.45, 2.75) is 12.8 Å². The van der Waals surface area contributed by atoms with E-state index in [0.717, 1.165) is 5.69 Å². The van der Waals surface area contributed by atoms with Crippen molar-refractivity contribution in [2.75, 3.05) is 6.61 Å². The van der Waals surface area contributed by atoms with Gasteiger partial charge in [0.25, 0.3) is 0 Å². The number of aryl methyl sites for hydroxylation is 1. The Bertz CT molecular complexity index is 346. The van der Waals surface area contributed by atoms with Gasteiger partial charge in [-0.25, -0.2) is 0 Å². The van der Waals surface area contributed by atoms with Gasteiger partial charge in [-0.3, -0.25) is 4.79 Å². The summed E-state index contributed by atoms with van der Waals surface area (Å²) in [7, 11) is 1.83. The Balaban J connectivity index is 3.13. The summed E-state index contributed by atoms with van der Waals surface area (Å²) in [6.45, 7) is 2.34. The van der Waals surface area contributed by atoms with Crippen LogP contribution in [0, 0.1) is 0 Å². The van der Waals surface area contributed by atoms with Crippen LogP contribution in [0.2, 0.25) is 0 Å². The maximum atomic E-state index is 11.3. The van der Waals surface area contributed by atoms with Gasteiger partial charge in [0.2, 0.25) is 5.43 Å². The van der Waals surface area contributed by atoms with E-state index >= 15 is 0 Å². The third-order valence-corrected chi connectivity index (χ3v) is 2.02. The van der Waals surface area contributed by atoms with Gasteiger partial charge in [0.1, 0.15) is 0 Å². The molecule has 0 aromatic carbocycles. The van der Waals surface area contributed by atoms with Crippen molar-refractivity contribution in [1.29, 1.82) is 0 Å². The fourth-order valence-corrected chi connectivity index (χ4v) is 1.31. The Kier molecular flexibility index (Phi) is 3.37. The van der Waals surface area contributed by atoms with Gasteiger partial charge in [0, 0.05) is 18.8 Å². The highest BCUT2D eigenvalue weighted by molar-refractivity contribution is 6.16. The second-order valence-electron chi connectivity index (χ2n) is 2.67. The average Bonchev–Trinajstić information content (AvgIpc) is 2.11. The van der Waals surface area contributed by atoms with Crippen LogP contribution < -0.4 is 10.2 Å². The highest BCUT2D eigenvalue weighted by Crippen LogP contribution is 2.06. The predicted octanol–water partition coefficient (Wildman–Crippen LogP) is 1.52. The molecule has 4 heteroatoms. The van der Waals surface area contributed by atoms with Crippen LogP contribution >= 0.6 is 11.6 Å². The van der Waals surface area contributed by atoms with E-state index in [1.54, 1.807) is 10.8 Å². The number of pyridine rings is 1. The van der Waals surface area contributed by atoms with E-state index < -0.39 is 0 Å². The molecule has 0 aliphatic rings. The minimum absolute atomic E-state index is 0.115. The van der Waals surface area contributed by atoms with Gasteiger partial charge in [-0.15, -0.1) is 11.6 Å². The van der Waals surface area contributed by atoms with Crippen LogP contribution in [0.4, 0.5) is 0 Å². The van der Waals surface area contributed by atoms with E-state index in [-0.39, 0.29) is 5.43 Å². The van der Waals surface area contributed by atoms with Gasteiger partial charge in [0.15, 0.2) is 5.75 Å². The Labute approximate surface area is 81.9 Å². The number of ether oxygens (including phenoxy) is 1. The second kappa shape index (κ2) is 4.33. The lowest BCUT2D eigenvalue weighted by atomic mass is 10.3. The number of hydrogen-bond donors (Lipinski definition) is 0. The molecule has 0 aliphatic carbocycles. The van der Waals surface area contributed by atoms with Gasteiger partial charge in [-0.1, -0.05) is 0 Å². The number of alkyl halides is 1. The summed E-state index contributed by atoms with van der Waals surface area (Å²) in [6.07, 6.45) is 1.66. The quantitative estimate of drug-likeness (QED) is 0.695. The van der Waals surface area contributed by atoms with Crippen LogP contribution in [0.1, 0.15) is 12.6 Å². The number of halogens is 1. The van der Waals surface area contributed by atoms with Crippen LogP contribution in [0.25, 0.3) is 0 Å². The van der Waals surface area contributed by atoms with E-state index in [1.807, 2.05) is 14.0 Å². The van der Waals surface area contributed by atoms with Gasteiger partial charge in [-0.2, -0.15) is 0 Å². The maximum absolute atomic E-state index is 11.3. The summed E-state index contributed by atoms with van der Waals surface area (Å²) in [4.78, 5) is 11.3. The summed E-state index contributed by atoms with van der Waals surface area (Å²) in [5, 5.41) is 0. The molecule has 1 aromatic rings. The molecule has 0 unspecified atom stereocenters. The van der Waals surface area contributed by atoms with Crippen molar-refractivity contribution in [3.63, 3.8) is 0 Å². The van der Waals surface area contributed by atoms with Crippen LogP contribution in [0.15, 0.2) is 17.1 Å². The van der Waals surface area contributed by atoms with Crippen LogP contribution in [0.3, 0.4) is 0 Å². The monoisotopic (exact) mass is 201 g/mol. The summed E-state index contributed by atoms with van der Waals surface area (Å²) in [5.41, 5.74) is 0.672. The summed E-state index contributed by atoms with van der Waals surface area (Å²) < 4.78 is 6.93. The zero-order valence-electron chi connectivity index (χ0n) is 7.71. The first-order chi connectivity index (χ1) is 6.19. The fourth-order valence-electron chi connectivity index (χ4n) is 1.04. The number of rotatable bonds is 3. The molecule has 0 radical (unpaired) electrons. The predicted molar refractivity (Wildman–Crippen MR) is 52.4 cm³/mol. The third kappa shape index (κ3) is 2.25. The molecule has 0 fully saturated rings. The smallest absolute Gasteiger partial charge is 0.223 e. The van der Waals surface area contributed by atoms with Crippen molar-refractivity contribution in [2.24, 2.45) is 7.05 Å². The normalized spacial score (nSPS) is 10.1. The first-order valence-electron chi connectivity index (χ1n) is 4.07. The number of nitrogens with zero attached hydrogens (tertiary/aromatic N) is 1. The third-order valence-electron chi connectivity index (χ3n) is 1.74. The fraction of sp³-hybridized carbons (Fsp3) is 0.444. The van der Waals surface area contributed by atoms with Crippen molar-refractivity contribution in [3.8, 4) is 5.75 Å². The van der Waals surface area contributed by atoms with E-state index in [0.29, 0.717) is 18.2 Å². The van der Waals surface area contributed by atoms with E-state index in [4.69, 9.17) is 16.3 Å². The number of aromatic nitrogens is 1. The summed E-state index contributed by atoms with van der Waals surface area (Å²) in [5.74, 6) is 0.705. The second-order valence-corrected chi connectivity index (χ2v) is 2.94. The molecule has 1 rings (SSSR count). The highest BCUT2D eigenvalue weighted by Gasteiger charge is 2.03. The molecule has 0 bridgehead atoms. The van der Waals surface area contributed by atoms with Crippen LogP contribution in [-0.4, -0.2) is 11.2 Å². The van der Waals surface area contributed by atoms with Crippen molar-refractivity contribution in [1.82, 2.24) is 4.57 Å². The lowest BCUT2D eigenvalue weighted by Crippen LogP contribution is -2.12. The summed E-state index contributed by atoms with van der Waals surface area (Å²) in [6, 6.07) is 1.50. The van der Waals surface area contributed by atoms with Gasteiger partial charge >= 0.3 is 0 Å². The molecule has 0 aliphatic heterocycles. The molecule has 0 saturated carbocycles. The Morgan fingerprint density at radius 2 is 2.31 bits per heavy atom. The molecule has 13 heavy (non-hydrogen) atoms. The molecule has 1 aromatic heterocycles. The standard InChI is InChI=1S/C9H12ClNO2/c1-3-13-9-6-11(2)7(5-10)4-8(9)12/h4,6H,3,5H2,1-2H3. The molecule has 0 atom stereocenters. The number of hydrogen-bond acceptors (Lipinski definition) is 2. The lowest BCUT2D eigenvalue weighted by molar-refractivity contribution is 0.333. The van der Waals surface area contributed by atoms with E-state index in [9.17, 15) is 4.79 Å². The Morgan fingerprint density at radius 1 is 1.62 bits per heavy atom. The lowest BCUT2D eigenvalue weighted by Gasteiger charge is -2.08. The molecule has 0 spiro atoms. The minimum Gasteiger partial charge on any atom is -0.488 e. The molecular weight excluding hydrogens is 190 g/mol. The highest BCUT2D eigenvalue weighted by atomic mass is 35.5. The Hall–Kier alpha value is -0.960. The van der Waals surface area contributed by atoms with E-state index in [2.05, 4.69) is 0 Å². The first-order valence-corrected chi connectivity index (χ1v) is 4.60. The molecule has 0 amide bonds. The van der Waals surface area contributed by atoms with Gasteiger partial charge < -0.3 is 9.30 Å². The average molecular weight is 202 g/mol. The van der Waals surface area contributed by atoms with Crippen molar-refractivity contribution >= 4 is 11.6 Å². The largest absolute Gasteiger partial charge is 0.488 e. The van der Waals surface area contributed by atoms with E-state index in [1.165, 1.54) is 6.07 Å². The molecular formula is C9H12ClNO2. The van der Waals surface area contributed by atoms with Crippen LogP contribution in [0.5, 0.6) is 5.75 Å². The summed E-state index contributed by atoms with van der Waals surface area (Å²) >= 11 is 5.63. The van der Waals surface area contributed by atoms with Gasteiger partial charge in [0.05, 0.1) is 18.7 Å². The molecule has 1 heterocycles. The molecule has 3 nitrogen and oxygen atoms in total.